The maximum absolute atomic E-state index is 11.8. The topological polar surface area (TPSA) is 98.8 Å². The van der Waals surface area contributed by atoms with Gasteiger partial charge in [-0.25, -0.2) is 4.90 Å². The zero-order valence-electron chi connectivity index (χ0n) is 12.5. The number of nitrogens with two attached hydrogens (primary N) is 1. The number of aliphatic hydroxyl groups is 2. The summed E-state index contributed by atoms with van der Waals surface area (Å²) in [5, 5.41) is 23.3. The van der Waals surface area contributed by atoms with Crippen LogP contribution < -0.4 is 11.1 Å². The maximum atomic E-state index is 11.8. The number of unbranched alkanes of at least 4 members (excludes halogenated alkanes) is 1. The Morgan fingerprint density at radius 3 is 2.76 bits per heavy atom. The highest BCUT2D eigenvalue weighted by Crippen LogP contribution is 2.35. The summed E-state index contributed by atoms with van der Waals surface area (Å²) in [7, 11) is 0. The van der Waals surface area contributed by atoms with Crippen molar-refractivity contribution in [3.8, 4) is 0 Å². The summed E-state index contributed by atoms with van der Waals surface area (Å²) in [5.41, 5.74) is 6.88. The Morgan fingerprint density at radius 1 is 1.38 bits per heavy atom. The van der Waals surface area contributed by atoms with E-state index >= 15 is 0 Å². The predicted octanol–water partition coefficient (Wildman–Crippen LogP) is -0.171. The number of amides is 1. The van der Waals surface area contributed by atoms with E-state index in [1.807, 2.05) is 19.1 Å². The van der Waals surface area contributed by atoms with Crippen molar-refractivity contribution in [1.29, 1.82) is 0 Å². The summed E-state index contributed by atoms with van der Waals surface area (Å²) >= 11 is 0. The Labute approximate surface area is 125 Å². The predicted molar refractivity (Wildman–Crippen MR) is 80.0 cm³/mol. The van der Waals surface area contributed by atoms with Gasteiger partial charge in [-0.15, -0.1) is 0 Å². The van der Waals surface area contributed by atoms with E-state index in [1.165, 1.54) is 0 Å². The van der Waals surface area contributed by atoms with Crippen LogP contribution in [0.15, 0.2) is 23.3 Å². The van der Waals surface area contributed by atoms with Crippen LogP contribution in [0.4, 0.5) is 0 Å². The van der Waals surface area contributed by atoms with Crippen LogP contribution in [0.2, 0.25) is 0 Å². The lowest BCUT2D eigenvalue weighted by Gasteiger charge is -2.21. The summed E-state index contributed by atoms with van der Waals surface area (Å²) in [6.07, 6.45) is 4.97. The van der Waals surface area contributed by atoms with E-state index in [9.17, 15) is 15.0 Å². The lowest BCUT2D eigenvalue weighted by molar-refractivity contribution is -0.121. The lowest BCUT2D eigenvalue weighted by atomic mass is 9.95. The molecule has 1 amide bonds. The highest BCUT2D eigenvalue weighted by molar-refractivity contribution is 5.76. The SMILES string of the molecule is CCN1C(O)C2=CCC(NC(=O)CCCCN)C=C2C1O. The molecular formula is C15H25N3O3. The number of rotatable bonds is 6. The zero-order chi connectivity index (χ0) is 15.4. The fraction of sp³-hybridized carbons (Fsp3) is 0.667. The molecule has 118 valence electrons. The van der Waals surface area contributed by atoms with Gasteiger partial charge >= 0.3 is 0 Å². The van der Waals surface area contributed by atoms with Gasteiger partial charge in [0.25, 0.3) is 0 Å². The standard InChI is InChI=1S/C15H25N3O3/c1-2-18-14(20)11-7-6-10(9-12(11)15(18)21)17-13(19)5-3-4-8-16/h7,9-10,14-15,20-21H,2-6,8,16H2,1H3,(H,17,19). The summed E-state index contributed by atoms with van der Waals surface area (Å²) in [4.78, 5) is 13.4. The van der Waals surface area contributed by atoms with Gasteiger partial charge in [0.05, 0.1) is 6.04 Å². The molecule has 0 bridgehead atoms. The van der Waals surface area contributed by atoms with Gasteiger partial charge in [0.2, 0.25) is 5.91 Å². The number of hydrogen-bond acceptors (Lipinski definition) is 5. The van der Waals surface area contributed by atoms with Crippen molar-refractivity contribution in [1.82, 2.24) is 10.2 Å². The van der Waals surface area contributed by atoms with Gasteiger partial charge in [0, 0.05) is 18.5 Å². The Kier molecular flexibility index (Phi) is 5.52. The smallest absolute Gasteiger partial charge is 0.220 e. The molecule has 6 nitrogen and oxygen atoms in total. The molecule has 0 saturated carbocycles. The van der Waals surface area contributed by atoms with Crippen LogP contribution in [0.5, 0.6) is 0 Å². The number of aliphatic hydroxyl groups excluding tert-OH is 2. The van der Waals surface area contributed by atoms with E-state index in [2.05, 4.69) is 5.32 Å². The van der Waals surface area contributed by atoms with E-state index in [0.29, 0.717) is 31.5 Å². The zero-order valence-corrected chi connectivity index (χ0v) is 12.5. The number of nitrogens with one attached hydrogen (secondary N) is 1. The molecule has 6 heteroatoms. The Morgan fingerprint density at radius 2 is 2.10 bits per heavy atom. The van der Waals surface area contributed by atoms with Crippen molar-refractivity contribution in [2.45, 2.75) is 51.1 Å². The van der Waals surface area contributed by atoms with Crippen LogP contribution in [0, 0.1) is 0 Å². The number of carbonyl (C=O) groups excluding carboxylic acids is 1. The molecule has 1 fully saturated rings. The van der Waals surface area contributed by atoms with E-state index < -0.39 is 12.5 Å². The van der Waals surface area contributed by atoms with Crippen molar-refractivity contribution in [2.75, 3.05) is 13.1 Å². The molecule has 2 rings (SSSR count). The van der Waals surface area contributed by atoms with E-state index in [-0.39, 0.29) is 11.9 Å². The van der Waals surface area contributed by atoms with E-state index in [4.69, 9.17) is 5.73 Å². The molecule has 0 aromatic heterocycles. The number of likely N-dealkylation sites (N-methyl/N-ethyl adjacent to an activating group) is 1. The van der Waals surface area contributed by atoms with Crippen LogP contribution in [-0.4, -0.2) is 52.6 Å². The first-order valence-corrected chi connectivity index (χ1v) is 7.62. The molecule has 0 radical (unpaired) electrons. The van der Waals surface area contributed by atoms with E-state index in [0.717, 1.165) is 18.4 Å². The van der Waals surface area contributed by atoms with Crippen molar-refractivity contribution < 1.29 is 15.0 Å². The van der Waals surface area contributed by atoms with Gasteiger partial charge in [0.1, 0.15) is 12.5 Å². The summed E-state index contributed by atoms with van der Waals surface area (Å²) in [6, 6.07) is -0.118. The minimum absolute atomic E-state index is 0.00235. The molecule has 1 saturated heterocycles. The minimum Gasteiger partial charge on any atom is -0.374 e. The first-order chi connectivity index (χ1) is 10.1. The minimum atomic E-state index is -0.798. The molecule has 5 N–H and O–H groups in total. The van der Waals surface area contributed by atoms with Crippen LogP contribution in [-0.2, 0) is 4.79 Å². The monoisotopic (exact) mass is 295 g/mol. The highest BCUT2D eigenvalue weighted by atomic mass is 16.3. The van der Waals surface area contributed by atoms with Gasteiger partial charge in [-0.1, -0.05) is 19.1 Å². The van der Waals surface area contributed by atoms with Gasteiger partial charge in [-0.05, 0) is 31.4 Å². The first kappa shape index (κ1) is 16.2. The van der Waals surface area contributed by atoms with Crippen LogP contribution >= 0.6 is 0 Å². The molecule has 3 atom stereocenters. The van der Waals surface area contributed by atoms with Crippen molar-refractivity contribution in [2.24, 2.45) is 5.73 Å². The Hall–Kier alpha value is -1.21. The average Bonchev–Trinajstić information content (AvgIpc) is 2.70. The largest absolute Gasteiger partial charge is 0.374 e. The Bertz CT molecular complexity index is 447. The second-order valence-electron chi connectivity index (χ2n) is 5.51. The molecule has 1 aliphatic carbocycles. The van der Waals surface area contributed by atoms with Gasteiger partial charge in [-0.2, -0.15) is 0 Å². The molecule has 21 heavy (non-hydrogen) atoms. The summed E-state index contributed by atoms with van der Waals surface area (Å²) in [6.45, 7) is 3.05. The maximum Gasteiger partial charge on any atom is 0.220 e. The quantitative estimate of drug-likeness (QED) is 0.510. The average molecular weight is 295 g/mol. The van der Waals surface area contributed by atoms with Crippen molar-refractivity contribution in [3.63, 3.8) is 0 Å². The molecule has 2 aliphatic rings. The molecular weight excluding hydrogens is 270 g/mol. The highest BCUT2D eigenvalue weighted by Gasteiger charge is 2.39. The fourth-order valence-corrected chi connectivity index (χ4v) is 2.89. The second kappa shape index (κ2) is 7.17. The third kappa shape index (κ3) is 3.52. The molecule has 3 unspecified atom stereocenters. The number of carbonyl (C=O) groups is 1. The third-order valence-electron chi connectivity index (χ3n) is 4.06. The molecule has 0 aromatic carbocycles. The van der Waals surface area contributed by atoms with Crippen molar-refractivity contribution >= 4 is 5.91 Å². The van der Waals surface area contributed by atoms with Crippen LogP contribution in [0.1, 0.15) is 32.6 Å². The second-order valence-corrected chi connectivity index (χ2v) is 5.51. The molecule has 0 aromatic rings. The summed E-state index contributed by atoms with van der Waals surface area (Å²) < 4.78 is 0. The van der Waals surface area contributed by atoms with Crippen LogP contribution in [0.3, 0.4) is 0 Å². The van der Waals surface area contributed by atoms with Crippen molar-refractivity contribution in [3.05, 3.63) is 23.3 Å². The fourth-order valence-electron chi connectivity index (χ4n) is 2.89. The Balaban J connectivity index is 1.95. The van der Waals surface area contributed by atoms with Crippen LogP contribution in [0.25, 0.3) is 0 Å². The van der Waals surface area contributed by atoms with E-state index in [1.54, 1.807) is 4.90 Å². The number of likely N-dealkylation sites (tertiary alicyclic amines) is 1. The lowest BCUT2D eigenvalue weighted by Crippen LogP contribution is -2.36. The number of nitrogens with zero attached hydrogens (tertiary/aromatic N) is 1. The third-order valence-corrected chi connectivity index (χ3v) is 4.06. The first-order valence-electron chi connectivity index (χ1n) is 7.62. The summed E-state index contributed by atoms with van der Waals surface area (Å²) in [5.74, 6) is 0.00235. The van der Waals surface area contributed by atoms with Gasteiger partial charge in [-0.3, -0.25) is 4.79 Å². The van der Waals surface area contributed by atoms with Gasteiger partial charge in [0.15, 0.2) is 0 Å². The molecule has 0 spiro atoms. The van der Waals surface area contributed by atoms with Gasteiger partial charge < -0.3 is 21.3 Å². The normalized spacial score (nSPS) is 28.9. The number of fused-ring (bicyclic) bond motifs is 1. The number of hydrogen-bond donors (Lipinski definition) is 4. The molecule has 1 aliphatic heterocycles. The molecule has 1 heterocycles.